The first kappa shape index (κ1) is 29.6. The molecule has 5 atom stereocenters. The number of rotatable bonds is 14. The molecule has 0 aliphatic carbocycles. The molecule has 1 aliphatic heterocycles. The van der Waals surface area contributed by atoms with Crippen LogP contribution in [0.3, 0.4) is 0 Å². The van der Waals surface area contributed by atoms with Gasteiger partial charge in [0.1, 0.15) is 12.1 Å². The van der Waals surface area contributed by atoms with Gasteiger partial charge < -0.3 is 24.3 Å². The van der Waals surface area contributed by atoms with Crippen LogP contribution in [0.4, 0.5) is 0 Å². The maximum Gasteiger partial charge on any atom is 0.303 e. The van der Waals surface area contributed by atoms with Gasteiger partial charge in [-0.1, -0.05) is 16.7 Å². The summed E-state index contributed by atoms with van der Waals surface area (Å²) in [4.78, 5) is 38.3. The summed E-state index contributed by atoms with van der Waals surface area (Å²) in [6, 6.07) is -1.01. The number of aryl methyl sites for hydroxylation is 1. The zero-order chi connectivity index (χ0) is 27.2. The van der Waals surface area contributed by atoms with E-state index in [-0.39, 0.29) is 13.2 Å². The van der Waals surface area contributed by atoms with E-state index in [1.165, 1.54) is 20.8 Å². The molecule has 0 bridgehead atoms. The van der Waals surface area contributed by atoms with Crippen molar-refractivity contribution in [2.45, 2.75) is 90.1 Å². The number of carbonyl (C=O) groups excluding carboxylic acids is 3. The molecule has 0 spiro atoms. The van der Waals surface area contributed by atoms with Gasteiger partial charge >= 0.3 is 11.9 Å². The first-order valence-electron chi connectivity index (χ1n) is 12.0. The summed E-state index contributed by atoms with van der Waals surface area (Å²) in [7, 11) is 0. The molecule has 0 unspecified atom stereocenters. The summed E-state index contributed by atoms with van der Waals surface area (Å²) in [5, 5.41) is 14.4. The largest absolute Gasteiger partial charge is 0.456 e. The maximum atomic E-state index is 11.9. The summed E-state index contributed by atoms with van der Waals surface area (Å²) in [6.07, 6.45) is 7.16. The van der Waals surface area contributed by atoms with Crippen molar-refractivity contribution >= 4 is 17.8 Å². The van der Waals surface area contributed by atoms with Crippen LogP contribution in [-0.2, 0) is 46.3 Å². The molecule has 1 aromatic heterocycles. The third-order valence-corrected chi connectivity index (χ3v) is 5.39. The van der Waals surface area contributed by atoms with Gasteiger partial charge in [-0.05, 0) is 24.8 Å². The Hall–Kier alpha value is -3.66. The third kappa shape index (κ3) is 10.1. The molecule has 1 aromatic rings. The van der Waals surface area contributed by atoms with Crippen LogP contribution in [0.1, 0.15) is 52.1 Å². The van der Waals surface area contributed by atoms with Crippen molar-refractivity contribution in [1.29, 1.82) is 0 Å². The van der Waals surface area contributed by atoms with Crippen LogP contribution in [0.2, 0.25) is 0 Å². The highest BCUT2D eigenvalue weighted by Crippen LogP contribution is 2.28. The standard InChI is InChI=1S/C23H33N7O7/c1-5-6-7-8-9-10-18-14-30(29-27-18)11-12-34-23-20(26-15(2)31)22(36-17(4)33)21(35-16(3)32)19(37-23)13-25-28-24/h1,14,19-23H,6-13H2,2-4H3,(H,26,31)/t19-,20-,21-,22-,23+/m1/s1. The Balaban J connectivity index is 2.11. The number of unbranched alkanes of at least 4 members (excludes halogenated alkanes) is 3. The molecule has 1 N–H and O–H groups in total. The van der Waals surface area contributed by atoms with Gasteiger partial charge in [-0.3, -0.25) is 14.4 Å². The molecule has 2 heterocycles. The fourth-order valence-electron chi connectivity index (χ4n) is 3.90. The molecule has 0 radical (unpaired) electrons. The summed E-state index contributed by atoms with van der Waals surface area (Å²) < 4.78 is 24.2. The van der Waals surface area contributed by atoms with Crippen molar-refractivity contribution in [2.24, 2.45) is 5.11 Å². The Morgan fingerprint density at radius 2 is 1.95 bits per heavy atom. The number of terminal acetylenes is 1. The van der Waals surface area contributed by atoms with Crippen molar-refractivity contribution in [3.63, 3.8) is 0 Å². The van der Waals surface area contributed by atoms with Gasteiger partial charge in [0.25, 0.3) is 0 Å². The number of nitrogens with zero attached hydrogens (tertiary/aromatic N) is 6. The van der Waals surface area contributed by atoms with Gasteiger partial charge in [-0.25, -0.2) is 4.68 Å². The molecule has 37 heavy (non-hydrogen) atoms. The predicted molar refractivity (Wildman–Crippen MR) is 128 cm³/mol. The Morgan fingerprint density at radius 1 is 1.22 bits per heavy atom. The van der Waals surface area contributed by atoms with Gasteiger partial charge in [-0.2, -0.15) is 0 Å². The van der Waals surface area contributed by atoms with Crippen molar-refractivity contribution < 1.29 is 33.3 Å². The lowest BCUT2D eigenvalue weighted by atomic mass is 9.95. The smallest absolute Gasteiger partial charge is 0.303 e. The van der Waals surface area contributed by atoms with E-state index in [1.807, 2.05) is 6.20 Å². The number of hydrogen-bond donors (Lipinski definition) is 1. The average Bonchev–Trinajstić information content (AvgIpc) is 3.28. The van der Waals surface area contributed by atoms with Crippen molar-refractivity contribution in [1.82, 2.24) is 20.3 Å². The lowest BCUT2D eigenvalue weighted by Gasteiger charge is -2.44. The summed E-state index contributed by atoms with van der Waals surface area (Å²) in [5.74, 6) is 0.834. The normalized spacial score (nSPS) is 22.8. The lowest BCUT2D eigenvalue weighted by molar-refractivity contribution is -0.270. The molecule has 2 rings (SSSR count). The summed E-state index contributed by atoms with van der Waals surface area (Å²) in [5.41, 5.74) is 9.62. The second kappa shape index (κ2) is 15.5. The number of nitrogens with one attached hydrogen (secondary N) is 1. The first-order valence-corrected chi connectivity index (χ1v) is 12.0. The van der Waals surface area contributed by atoms with Crippen LogP contribution in [0, 0.1) is 12.3 Å². The second-order valence-electron chi connectivity index (χ2n) is 8.44. The number of carbonyl (C=O) groups is 3. The number of hydrogen-bond acceptors (Lipinski definition) is 10. The second-order valence-corrected chi connectivity index (χ2v) is 8.44. The molecule has 0 saturated carbocycles. The Morgan fingerprint density at radius 3 is 2.59 bits per heavy atom. The molecular weight excluding hydrogens is 486 g/mol. The number of aromatic nitrogens is 3. The lowest BCUT2D eigenvalue weighted by Crippen LogP contribution is -2.66. The molecular formula is C23H33N7O7. The maximum absolute atomic E-state index is 11.9. The Kier molecular flexibility index (Phi) is 12.3. The van der Waals surface area contributed by atoms with Gasteiger partial charge in [0.15, 0.2) is 18.5 Å². The molecule has 202 valence electrons. The minimum Gasteiger partial charge on any atom is -0.456 e. The van der Waals surface area contributed by atoms with Crippen LogP contribution >= 0.6 is 0 Å². The van der Waals surface area contributed by atoms with Crippen molar-refractivity contribution in [3.8, 4) is 12.3 Å². The Bertz CT molecular complexity index is 1000. The number of azide groups is 1. The van der Waals surface area contributed by atoms with E-state index in [4.69, 9.17) is 30.9 Å². The highest BCUT2D eigenvalue weighted by molar-refractivity contribution is 5.73. The van der Waals surface area contributed by atoms with E-state index in [0.717, 1.165) is 37.8 Å². The van der Waals surface area contributed by atoms with E-state index in [9.17, 15) is 14.4 Å². The van der Waals surface area contributed by atoms with E-state index in [2.05, 4.69) is 31.6 Å². The minimum atomic E-state index is -1.16. The molecule has 1 saturated heterocycles. The third-order valence-electron chi connectivity index (χ3n) is 5.39. The van der Waals surface area contributed by atoms with Gasteiger partial charge in [0.2, 0.25) is 5.91 Å². The highest BCUT2D eigenvalue weighted by Gasteiger charge is 2.50. The van der Waals surface area contributed by atoms with E-state index in [0.29, 0.717) is 6.54 Å². The number of ether oxygens (including phenoxy) is 4. The van der Waals surface area contributed by atoms with Crippen LogP contribution in [0.5, 0.6) is 0 Å². The van der Waals surface area contributed by atoms with Crippen molar-refractivity contribution in [2.75, 3.05) is 13.2 Å². The highest BCUT2D eigenvalue weighted by atomic mass is 16.7. The zero-order valence-corrected chi connectivity index (χ0v) is 21.2. The molecule has 0 aromatic carbocycles. The molecule has 1 fully saturated rings. The quantitative estimate of drug-likeness (QED) is 0.0950. The monoisotopic (exact) mass is 519 g/mol. The fourth-order valence-corrected chi connectivity index (χ4v) is 3.90. The topological polar surface area (TPSA) is 180 Å². The number of esters is 2. The van der Waals surface area contributed by atoms with Crippen LogP contribution in [0.25, 0.3) is 10.4 Å². The van der Waals surface area contributed by atoms with Crippen LogP contribution in [-0.4, -0.2) is 76.6 Å². The molecule has 1 amide bonds. The molecule has 1 aliphatic rings. The van der Waals surface area contributed by atoms with E-state index < -0.39 is 48.5 Å². The van der Waals surface area contributed by atoms with E-state index in [1.54, 1.807) is 4.68 Å². The predicted octanol–water partition coefficient (Wildman–Crippen LogP) is 1.43. The Labute approximate surface area is 215 Å². The van der Waals surface area contributed by atoms with Crippen molar-refractivity contribution in [3.05, 3.63) is 22.3 Å². The van der Waals surface area contributed by atoms with Crippen LogP contribution in [0.15, 0.2) is 11.3 Å². The van der Waals surface area contributed by atoms with Gasteiger partial charge in [0.05, 0.1) is 25.4 Å². The number of amides is 1. The summed E-state index contributed by atoms with van der Waals surface area (Å²) >= 11 is 0. The van der Waals surface area contributed by atoms with Crippen LogP contribution < -0.4 is 5.32 Å². The van der Waals surface area contributed by atoms with Gasteiger partial charge in [0, 0.05) is 38.3 Å². The van der Waals surface area contributed by atoms with Gasteiger partial charge in [-0.15, -0.1) is 17.4 Å². The van der Waals surface area contributed by atoms with E-state index >= 15 is 0 Å². The molecule has 14 nitrogen and oxygen atoms in total. The minimum absolute atomic E-state index is 0.102. The first-order chi connectivity index (χ1) is 17.7. The SMILES string of the molecule is C#CCCCCCc1cn(CCO[C@H]2O[C@H](CN=[N+]=[N-])[C@@H](OC(C)=O)[C@H](OC(C)=O)[C@H]2NC(C)=O)nn1. The average molecular weight is 520 g/mol. The summed E-state index contributed by atoms with van der Waals surface area (Å²) in [6.45, 7) is 3.83. The fraction of sp³-hybridized carbons (Fsp3) is 0.696. The zero-order valence-electron chi connectivity index (χ0n) is 21.2. The molecule has 14 heteroatoms.